The van der Waals surface area contributed by atoms with Crippen molar-refractivity contribution in [2.24, 2.45) is 4.99 Å². The monoisotopic (exact) mass is 292 g/mol. The fraction of sp³-hybridized carbons (Fsp3) is 0.625. The van der Waals surface area contributed by atoms with Gasteiger partial charge in [-0.2, -0.15) is 0 Å². The van der Waals surface area contributed by atoms with Crippen LogP contribution < -0.4 is 10.6 Å². The standard InChI is InChI=1S/C16H28N4O/c1-4-16(21,5-2)13-20-15(17-6-3)19-12-10-14-9-7-8-11-18-14/h7-9,11,21H,4-6,10,12-13H2,1-3H3,(H2,17,19,20). The van der Waals surface area contributed by atoms with Gasteiger partial charge in [0.2, 0.25) is 0 Å². The molecule has 0 saturated heterocycles. The average Bonchev–Trinajstić information content (AvgIpc) is 2.53. The van der Waals surface area contributed by atoms with Crippen molar-refractivity contribution < 1.29 is 5.11 Å². The minimum Gasteiger partial charge on any atom is -0.388 e. The van der Waals surface area contributed by atoms with Crippen LogP contribution in [0.1, 0.15) is 39.3 Å². The summed E-state index contributed by atoms with van der Waals surface area (Å²) in [7, 11) is 0. The van der Waals surface area contributed by atoms with Gasteiger partial charge >= 0.3 is 0 Å². The molecule has 0 aromatic carbocycles. The third kappa shape index (κ3) is 6.58. The SMILES string of the molecule is CCNC(=NCC(O)(CC)CC)NCCc1ccccn1. The molecule has 0 unspecified atom stereocenters. The fourth-order valence-corrected chi connectivity index (χ4v) is 1.90. The summed E-state index contributed by atoms with van der Waals surface area (Å²) in [5.41, 5.74) is 0.350. The molecule has 1 aromatic rings. The summed E-state index contributed by atoms with van der Waals surface area (Å²) < 4.78 is 0. The molecule has 0 atom stereocenters. The van der Waals surface area contributed by atoms with E-state index in [0.29, 0.717) is 19.4 Å². The van der Waals surface area contributed by atoms with Gasteiger partial charge in [0.15, 0.2) is 5.96 Å². The number of pyridine rings is 1. The van der Waals surface area contributed by atoms with Crippen LogP contribution in [-0.4, -0.2) is 41.3 Å². The van der Waals surface area contributed by atoms with Gasteiger partial charge in [-0.3, -0.25) is 9.98 Å². The van der Waals surface area contributed by atoms with Crippen molar-refractivity contribution in [2.75, 3.05) is 19.6 Å². The van der Waals surface area contributed by atoms with E-state index in [4.69, 9.17) is 0 Å². The van der Waals surface area contributed by atoms with E-state index in [1.165, 1.54) is 0 Å². The molecule has 1 rings (SSSR count). The summed E-state index contributed by atoms with van der Waals surface area (Å²) in [5.74, 6) is 0.744. The van der Waals surface area contributed by atoms with E-state index in [9.17, 15) is 5.11 Å². The molecule has 0 bridgehead atoms. The largest absolute Gasteiger partial charge is 0.388 e. The molecule has 0 aliphatic heterocycles. The van der Waals surface area contributed by atoms with Gasteiger partial charge in [-0.05, 0) is 31.9 Å². The molecule has 0 aliphatic carbocycles. The van der Waals surface area contributed by atoms with Gasteiger partial charge in [0.1, 0.15) is 0 Å². The van der Waals surface area contributed by atoms with Gasteiger partial charge < -0.3 is 15.7 Å². The maximum atomic E-state index is 10.3. The lowest BCUT2D eigenvalue weighted by atomic mass is 9.98. The van der Waals surface area contributed by atoms with E-state index in [1.54, 1.807) is 6.20 Å². The molecule has 118 valence electrons. The van der Waals surface area contributed by atoms with Crippen molar-refractivity contribution in [3.05, 3.63) is 30.1 Å². The third-order valence-electron chi connectivity index (χ3n) is 3.59. The molecule has 0 spiro atoms. The van der Waals surface area contributed by atoms with Gasteiger partial charge in [0.05, 0.1) is 12.1 Å². The smallest absolute Gasteiger partial charge is 0.191 e. The van der Waals surface area contributed by atoms with Crippen LogP contribution in [0.25, 0.3) is 0 Å². The molecular weight excluding hydrogens is 264 g/mol. The van der Waals surface area contributed by atoms with Crippen LogP contribution in [0, 0.1) is 0 Å². The van der Waals surface area contributed by atoms with E-state index in [-0.39, 0.29) is 0 Å². The minimum atomic E-state index is -0.705. The normalized spacial score (nSPS) is 12.3. The second kappa shape index (κ2) is 9.34. The van der Waals surface area contributed by atoms with E-state index in [0.717, 1.165) is 31.2 Å². The number of nitrogens with zero attached hydrogens (tertiary/aromatic N) is 2. The van der Waals surface area contributed by atoms with Crippen LogP contribution in [0.2, 0.25) is 0 Å². The Morgan fingerprint density at radius 2 is 2.00 bits per heavy atom. The molecule has 0 radical (unpaired) electrons. The minimum absolute atomic E-state index is 0.416. The molecule has 1 aromatic heterocycles. The molecule has 5 nitrogen and oxygen atoms in total. The van der Waals surface area contributed by atoms with Gasteiger partial charge in [-0.15, -0.1) is 0 Å². The molecule has 5 heteroatoms. The summed E-state index contributed by atoms with van der Waals surface area (Å²) in [5, 5.41) is 16.8. The van der Waals surface area contributed by atoms with E-state index < -0.39 is 5.60 Å². The molecule has 0 saturated carbocycles. The summed E-state index contributed by atoms with van der Waals surface area (Å²) in [6, 6.07) is 5.92. The zero-order chi connectivity index (χ0) is 15.6. The molecule has 0 aliphatic rings. The van der Waals surface area contributed by atoms with Crippen LogP contribution in [0.5, 0.6) is 0 Å². The topological polar surface area (TPSA) is 69.5 Å². The van der Waals surface area contributed by atoms with E-state index in [2.05, 4.69) is 20.6 Å². The highest BCUT2D eigenvalue weighted by atomic mass is 16.3. The predicted molar refractivity (Wildman–Crippen MR) is 87.5 cm³/mol. The van der Waals surface area contributed by atoms with Crippen LogP contribution in [-0.2, 0) is 6.42 Å². The number of aliphatic hydroxyl groups is 1. The Morgan fingerprint density at radius 3 is 2.57 bits per heavy atom. The number of nitrogens with one attached hydrogen (secondary N) is 2. The van der Waals surface area contributed by atoms with Crippen molar-refractivity contribution >= 4 is 5.96 Å². The molecule has 0 fully saturated rings. The first-order valence-corrected chi connectivity index (χ1v) is 7.78. The Hall–Kier alpha value is -1.62. The van der Waals surface area contributed by atoms with Gasteiger partial charge in [-0.25, -0.2) is 0 Å². The number of aromatic nitrogens is 1. The molecule has 1 heterocycles. The van der Waals surface area contributed by atoms with Crippen LogP contribution in [0.3, 0.4) is 0 Å². The zero-order valence-corrected chi connectivity index (χ0v) is 13.4. The number of guanidine groups is 1. The summed E-state index contributed by atoms with van der Waals surface area (Å²) >= 11 is 0. The van der Waals surface area contributed by atoms with Crippen molar-refractivity contribution in [1.29, 1.82) is 0 Å². The highest BCUT2D eigenvalue weighted by Gasteiger charge is 2.21. The Balaban J connectivity index is 2.49. The highest BCUT2D eigenvalue weighted by Crippen LogP contribution is 2.14. The summed E-state index contributed by atoms with van der Waals surface area (Å²) in [4.78, 5) is 8.78. The second-order valence-corrected chi connectivity index (χ2v) is 5.12. The molecule has 0 amide bonds. The Morgan fingerprint density at radius 1 is 1.24 bits per heavy atom. The van der Waals surface area contributed by atoms with Gasteiger partial charge in [0, 0.05) is 31.4 Å². The van der Waals surface area contributed by atoms with Gasteiger partial charge in [-0.1, -0.05) is 19.9 Å². The number of hydrogen-bond donors (Lipinski definition) is 3. The lowest BCUT2D eigenvalue weighted by molar-refractivity contribution is 0.0418. The molecular formula is C16H28N4O. The number of aliphatic imine (C=N–C) groups is 1. The summed E-state index contributed by atoms with van der Waals surface area (Å²) in [6.45, 7) is 7.98. The van der Waals surface area contributed by atoms with Crippen LogP contribution in [0.4, 0.5) is 0 Å². The van der Waals surface area contributed by atoms with Crippen LogP contribution >= 0.6 is 0 Å². The lowest BCUT2D eigenvalue weighted by Gasteiger charge is -2.23. The first-order valence-electron chi connectivity index (χ1n) is 7.78. The van der Waals surface area contributed by atoms with E-state index in [1.807, 2.05) is 39.0 Å². The quantitative estimate of drug-likeness (QED) is 0.504. The Bertz CT molecular complexity index is 416. The van der Waals surface area contributed by atoms with Crippen molar-refractivity contribution in [1.82, 2.24) is 15.6 Å². The third-order valence-corrected chi connectivity index (χ3v) is 3.59. The number of hydrogen-bond acceptors (Lipinski definition) is 3. The molecule has 21 heavy (non-hydrogen) atoms. The fourth-order valence-electron chi connectivity index (χ4n) is 1.90. The predicted octanol–water partition coefficient (Wildman–Crippen LogP) is 1.73. The van der Waals surface area contributed by atoms with Crippen molar-refractivity contribution in [3.8, 4) is 0 Å². The van der Waals surface area contributed by atoms with Gasteiger partial charge in [0.25, 0.3) is 0 Å². The van der Waals surface area contributed by atoms with Crippen molar-refractivity contribution in [2.45, 2.75) is 45.6 Å². The van der Waals surface area contributed by atoms with Crippen molar-refractivity contribution in [3.63, 3.8) is 0 Å². The number of rotatable bonds is 8. The van der Waals surface area contributed by atoms with E-state index >= 15 is 0 Å². The second-order valence-electron chi connectivity index (χ2n) is 5.12. The molecule has 3 N–H and O–H groups in total. The lowest BCUT2D eigenvalue weighted by Crippen LogP contribution is -2.40. The first-order chi connectivity index (χ1) is 10.1. The average molecular weight is 292 g/mol. The first kappa shape index (κ1) is 17.4. The highest BCUT2D eigenvalue weighted by molar-refractivity contribution is 5.79. The Labute approximate surface area is 127 Å². The maximum absolute atomic E-state index is 10.3. The van der Waals surface area contributed by atoms with Crippen LogP contribution in [0.15, 0.2) is 29.4 Å². The zero-order valence-electron chi connectivity index (χ0n) is 13.4. The maximum Gasteiger partial charge on any atom is 0.191 e. The Kier molecular flexibility index (Phi) is 7.75. The summed E-state index contributed by atoms with van der Waals surface area (Å²) in [6.07, 6.45) is 4.06.